The molecule has 35 heavy (non-hydrogen) atoms. The highest BCUT2D eigenvalue weighted by Gasteiger charge is 2.28. The number of allylic oxidation sites excluding steroid dienone is 1. The first-order valence-corrected chi connectivity index (χ1v) is 11.8. The number of nitrogens with one attached hydrogen (secondary N) is 1. The molecule has 1 aliphatic rings. The number of halogens is 2. The minimum atomic E-state index is -3.14. The van der Waals surface area contributed by atoms with Gasteiger partial charge in [0.05, 0.1) is 17.3 Å². The van der Waals surface area contributed by atoms with Crippen molar-refractivity contribution in [3.63, 3.8) is 0 Å². The van der Waals surface area contributed by atoms with Crippen LogP contribution in [-0.2, 0) is 5.92 Å². The van der Waals surface area contributed by atoms with Crippen molar-refractivity contribution < 1.29 is 18.7 Å². The predicted molar refractivity (Wildman–Crippen MR) is 136 cm³/mol. The topological polar surface area (TPSA) is 68.7 Å². The first kappa shape index (κ1) is 24.8. The van der Waals surface area contributed by atoms with Crippen LogP contribution in [-0.4, -0.2) is 52.7 Å². The molecular weight excluding hydrogens is 448 g/mol. The van der Waals surface area contributed by atoms with Crippen molar-refractivity contribution in [2.75, 3.05) is 14.1 Å². The average Bonchev–Trinajstić information content (AvgIpc) is 3.17. The number of Topliss-reactive ketones (excluding diaryl/α,β-unsaturated/α-hetero) is 1. The van der Waals surface area contributed by atoms with Crippen LogP contribution in [0.1, 0.15) is 59.7 Å². The molecule has 5 nitrogen and oxygen atoms in total. The van der Waals surface area contributed by atoms with Gasteiger partial charge in [-0.1, -0.05) is 30.8 Å². The third-order valence-electron chi connectivity index (χ3n) is 6.93. The number of rotatable bonds is 7. The first-order valence-electron chi connectivity index (χ1n) is 11.8. The number of carbonyl (C=O) groups is 1. The highest BCUT2D eigenvalue weighted by Crippen LogP contribution is 2.34. The summed E-state index contributed by atoms with van der Waals surface area (Å²) in [6.07, 6.45) is 4.41. The minimum Gasteiger partial charge on any atom is -0.494 e. The van der Waals surface area contributed by atoms with Crippen LogP contribution in [0.4, 0.5) is 8.78 Å². The fourth-order valence-corrected chi connectivity index (χ4v) is 4.77. The molecule has 2 aromatic carbocycles. The second-order valence-corrected chi connectivity index (χ2v) is 9.47. The monoisotopic (exact) mass is 479 g/mol. The Morgan fingerprint density at radius 3 is 2.31 bits per heavy atom. The van der Waals surface area contributed by atoms with E-state index in [2.05, 4.69) is 30.6 Å². The van der Waals surface area contributed by atoms with E-state index in [4.69, 9.17) is 4.99 Å². The van der Waals surface area contributed by atoms with Gasteiger partial charge in [-0.05, 0) is 71.0 Å². The van der Waals surface area contributed by atoms with Gasteiger partial charge in [0.2, 0.25) is 0 Å². The zero-order valence-electron chi connectivity index (χ0n) is 20.3. The quantitative estimate of drug-likeness (QED) is 0.246. The van der Waals surface area contributed by atoms with Gasteiger partial charge in [-0.25, -0.2) is 0 Å². The maximum atomic E-state index is 14.1. The van der Waals surface area contributed by atoms with Crippen LogP contribution in [0.2, 0.25) is 0 Å². The minimum absolute atomic E-state index is 0.0378. The third kappa shape index (κ3) is 5.05. The van der Waals surface area contributed by atoms with E-state index in [1.165, 1.54) is 19.1 Å². The second-order valence-electron chi connectivity index (χ2n) is 9.47. The van der Waals surface area contributed by atoms with E-state index in [1.54, 1.807) is 30.3 Å². The summed E-state index contributed by atoms with van der Waals surface area (Å²) < 4.78 is 28.3. The van der Waals surface area contributed by atoms with Crippen LogP contribution in [0.3, 0.4) is 0 Å². The molecule has 1 heterocycles. The van der Waals surface area contributed by atoms with Gasteiger partial charge in [0.1, 0.15) is 0 Å². The molecule has 3 aromatic rings. The fourth-order valence-electron chi connectivity index (χ4n) is 4.77. The van der Waals surface area contributed by atoms with Crippen molar-refractivity contribution >= 4 is 22.4 Å². The molecule has 0 aliphatic heterocycles. The highest BCUT2D eigenvalue weighted by molar-refractivity contribution is 6.21. The van der Waals surface area contributed by atoms with E-state index in [0.29, 0.717) is 45.4 Å². The number of aromatic amines is 1. The van der Waals surface area contributed by atoms with E-state index < -0.39 is 5.92 Å². The summed E-state index contributed by atoms with van der Waals surface area (Å²) in [4.78, 5) is 22.3. The number of hydrogen-bond acceptors (Lipinski definition) is 4. The summed E-state index contributed by atoms with van der Waals surface area (Å²) in [7, 11) is 4.16. The molecular formula is C28H31F2N3O2. The lowest BCUT2D eigenvalue weighted by Crippen LogP contribution is -2.33. The fraction of sp³-hybridized carbons (Fsp3) is 0.357. The highest BCUT2D eigenvalue weighted by atomic mass is 19.3. The smallest absolute Gasteiger partial charge is 0.291 e. The molecule has 0 atom stereocenters. The zero-order chi connectivity index (χ0) is 25.3. The maximum absolute atomic E-state index is 14.1. The first-order chi connectivity index (χ1) is 16.6. The molecule has 7 heteroatoms. The number of fused-ring (bicyclic) bond motifs is 1. The zero-order valence-corrected chi connectivity index (χ0v) is 20.3. The molecule has 0 saturated heterocycles. The molecule has 1 aliphatic carbocycles. The molecule has 0 amide bonds. The molecule has 0 unspecified atom stereocenters. The number of nitrogens with zero attached hydrogens (tertiary/aromatic N) is 2. The van der Waals surface area contributed by atoms with E-state index in [9.17, 15) is 18.7 Å². The van der Waals surface area contributed by atoms with Crippen molar-refractivity contribution in [1.29, 1.82) is 0 Å². The molecule has 0 bridgehead atoms. The van der Waals surface area contributed by atoms with Crippen LogP contribution in [0, 0.1) is 0 Å². The Morgan fingerprint density at radius 2 is 1.74 bits per heavy atom. The lowest BCUT2D eigenvalue weighted by atomic mass is 9.90. The van der Waals surface area contributed by atoms with Crippen LogP contribution >= 0.6 is 0 Å². The average molecular weight is 480 g/mol. The standard InChI is InChI=1S/C28H31F2N3O2/c1-5-28(29,30)20-9-6-18(7-10-20)26(31-21-11-13-22(14-12-21)33(3)4)25-23-16-19(17(2)34)8-15-24(23)32-27(25)35/h5-10,15-16,21-22,32,35H,1,11-14H2,2-4H3. The van der Waals surface area contributed by atoms with E-state index in [-0.39, 0.29) is 23.3 Å². The Bertz CT molecular complexity index is 1270. The van der Waals surface area contributed by atoms with Gasteiger partial charge < -0.3 is 15.0 Å². The number of benzene rings is 2. The molecule has 0 radical (unpaired) electrons. The van der Waals surface area contributed by atoms with Crippen LogP contribution in [0.25, 0.3) is 10.9 Å². The van der Waals surface area contributed by atoms with Gasteiger partial charge in [0.25, 0.3) is 5.92 Å². The molecule has 4 rings (SSSR count). The summed E-state index contributed by atoms with van der Waals surface area (Å²) in [6.45, 7) is 4.72. The summed E-state index contributed by atoms with van der Waals surface area (Å²) in [5.41, 5.74) is 2.64. The second kappa shape index (κ2) is 9.74. The summed E-state index contributed by atoms with van der Waals surface area (Å²) in [5.74, 6) is -3.29. The summed E-state index contributed by atoms with van der Waals surface area (Å²) >= 11 is 0. The number of H-pyrrole nitrogens is 1. The SMILES string of the molecule is C=CC(F)(F)c1ccc(C(=NC2CCC(N(C)C)CC2)c2c(O)[nH]c3ccc(C(C)=O)cc23)cc1. The summed E-state index contributed by atoms with van der Waals surface area (Å²) in [6, 6.07) is 11.7. The molecule has 1 aromatic heterocycles. The van der Waals surface area contributed by atoms with Crippen LogP contribution in [0.5, 0.6) is 5.88 Å². The van der Waals surface area contributed by atoms with Gasteiger partial charge in [-0.2, -0.15) is 8.78 Å². The van der Waals surface area contributed by atoms with Gasteiger partial charge in [-0.15, -0.1) is 0 Å². The molecule has 0 spiro atoms. The van der Waals surface area contributed by atoms with Crippen LogP contribution < -0.4 is 0 Å². The summed E-state index contributed by atoms with van der Waals surface area (Å²) in [5, 5.41) is 11.6. The lowest BCUT2D eigenvalue weighted by Gasteiger charge is -2.31. The molecule has 184 valence electrons. The number of aliphatic imine (C=N–C) groups is 1. The number of ketones is 1. The number of hydrogen-bond donors (Lipinski definition) is 2. The van der Waals surface area contributed by atoms with Crippen LogP contribution in [0.15, 0.2) is 60.1 Å². The third-order valence-corrected chi connectivity index (χ3v) is 6.93. The van der Waals surface area contributed by atoms with E-state index in [0.717, 1.165) is 25.7 Å². The van der Waals surface area contributed by atoms with E-state index >= 15 is 0 Å². The normalized spacial score (nSPS) is 19.3. The van der Waals surface area contributed by atoms with Crippen molar-refractivity contribution in [3.8, 4) is 5.88 Å². The number of alkyl halides is 2. The predicted octanol–water partition coefficient (Wildman–Crippen LogP) is 6.06. The molecule has 1 saturated carbocycles. The van der Waals surface area contributed by atoms with Crippen molar-refractivity contribution in [2.45, 2.75) is 50.6 Å². The van der Waals surface area contributed by atoms with Gasteiger partial charge in [-0.3, -0.25) is 9.79 Å². The van der Waals surface area contributed by atoms with Gasteiger partial charge >= 0.3 is 0 Å². The van der Waals surface area contributed by atoms with Gasteiger partial charge in [0.15, 0.2) is 11.7 Å². The molecule has 2 N–H and O–H groups in total. The maximum Gasteiger partial charge on any atom is 0.291 e. The Kier molecular flexibility index (Phi) is 6.90. The van der Waals surface area contributed by atoms with E-state index in [1.807, 2.05) is 0 Å². The Balaban J connectivity index is 1.83. The van der Waals surface area contributed by atoms with Gasteiger partial charge in [0, 0.05) is 33.6 Å². The largest absolute Gasteiger partial charge is 0.494 e. The van der Waals surface area contributed by atoms with Crippen molar-refractivity contribution in [3.05, 3.63) is 77.4 Å². The number of aromatic nitrogens is 1. The van der Waals surface area contributed by atoms with Crippen molar-refractivity contribution in [1.82, 2.24) is 9.88 Å². The molecule has 1 fully saturated rings. The lowest BCUT2D eigenvalue weighted by molar-refractivity contribution is 0.0525. The number of carbonyl (C=O) groups excluding carboxylic acids is 1. The number of aromatic hydroxyl groups is 1. The Labute approximate surface area is 204 Å². The van der Waals surface area contributed by atoms with Crippen molar-refractivity contribution in [2.24, 2.45) is 4.99 Å². The Morgan fingerprint density at radius 1 is 1.11 bits per heavy atom. The Hall–Kier alpha value is -3.32.